The number of rotatable bonds is 1. The third-order valence-electron chi connectivity index (χ3n) is 2.58. The summed E-state index contributed by atoms with van der Waals surface area (Å²) in [5, 5.41) is 0. The molecular weight excluding hydrogens is 310 g/mol. The van der Waals surface area contributed by atoms with Crippen molar-refractivity contribution in [3.8, 4) is 11.3 Å². The number of halogens is 1. The topological polar surface area (TPSA) is 97.5 Å². The summed E-state index contributed by atoms with van der Waals surface area (Å²) in [7, 11) is 0. The van der Waals surface area contributed by atoms with E-state index in [4.69, 9.17) is 5.73 Å². The molecule has 94 valence electrons. The first-order valence-corrected chi connectivity index (χ1v) is 6.21. The Morgan fingerprint density at radius 3 is 2.63 bits per heavy atom. The number of fused-ring (bicyclic) bond motifs is 1. The number of aromatic nitrogens is 4. The highest BCUT2D eigenvalue weighted by Gasteiger charge is 2.07. The highest BCUT2D eigenvalue weighted by molar-refractivity contribution is 9.10. The molecule has 3 N–H and O–H groups in total. The van der Waals surface area contributed by atoms with Crippen molar-refractivity contribution in [1.29, 1.82) is 0 Å². The van der Waals surface area contributed by atoms with Gasteiger partial charge in [0.05, 0.1) is 11.9 Å². The summed E-state index contributed by atoms with van der Waals surface area (Å²) >= 11 is 3.37. The quantitative estimate of drug-likeness (QED) is 0.712. The number of hydrogen-bond acceptors (Lipinski definition) is 5. The molecule has 0 amide bonds. The fourth-order valence-electron chi connectivity index (χ4n) is 1.69. The van der Waals surface area contributed by atoms with E-state index in [2.05, 4.69) is 35.9 Å². The monoisotopic (exact) mass is 317 g/mol. The molecule has 3 aromatic rings. The number of hydrogen-bond donors (Lipinski definition) is 2. The van der Waals surface area contributed by atoms with E-state index in [-0.39, 0.29) is 17.1 Å². The van der Waals surface area contributed by atoms with E-state index in [1.807, 2.05) is 24.3 Å². The summed E-state index contributed by atoms with van der Waals surface area (Å²) in [5.74, 6) is 0.0276. The number of anilines is 1. The fourth-order valence-corrected chi connectivity index (χ4v) is 1.96. The first-order chi connectivity index (χ1) is 9.13. The van der Waals surface area contributed by atoms with E-state index >= 15 is 0 Å². The highest BCUT2D eigenvalue weighted by atomic mass is 79.9. The number of aromatic amines is 1. The van der Waals surface area contributed by atoms with Crippen molar-refractivity contribution in [3.63, 3.8) is 0 Å². The third-order valence-corrected chi connectivity index (χ3v) is 3.11. The lowest BCUT2D eigenvalue weighted by Gasteiger charge is -2.02. The fraction of sp³-hybridized carbons (Fsp3) is 0. The molecule has 0 spiro atoms. The molecule has 0 radical (unpaired) electrons. The summed E-state index contributed by atoms with van der Waals surface area (Å²) in [5.41, 5.74) is 7.04. The SMILES string of the molecule is Nc1nc2nc(-c3ccc(Br)cc3)cnc2c(=O)[nH]1. The van der Waals surface area contributed by atoms with Crippen molar-refractivity contribution in [2.24, 2.45) is 0 Å². The van der Waals surface area contributed by atoms with Gasteiger partial charge in [0.25, 0.3) is 5.56 Å². The van der Waals surface area contributed by atoms with Gasteiger partial charge in [-0.3, -0.25) is 9.78 Å². The molecule has 0 saturated carbocycles. The summed E-state index contributed by atoms with van der Waals surface area (Å²) in [6.45, 7) is 0. The van der Waals surface area contributed by atoms with Gasteiger partial charge >= 0.3 is 0 Å². The van der Waals surface area contributed by atoms with E-state index in [1.54, 1.807) is 6.20 Å². The predicted molar refractivity (Wildman–Crippen MR) is 75.5 cm³/mol. The van der Waals surface area contributed by atoms with E-state index in [0.29, 0.717) is 5.69 Å². The van der Waals surface area contributed by atoms with Gasteiger partial charge in [0, 0.05) is 10.0 Å². The standard InChI is InChI=1S/C12H8BrN5O/c13-7-3-1-6(2-4-7)8-5-15-9-10(16-8)17-12(14)18-11(9)19/h1-5H,(H3,14,16,17,18,19). The van der Waals surface area contributed by atoms with Crippen LogP contribution in [-0.2, 0) is 0 Å². The zero-order valence-corrected chi connectivity index (χ0v) is 11.2. The van der Waals surface area contributed by atoms with Crippen molar-refractivity contribution in [2.45, 2.75) is 0 Å². The van der Waals surface area contributed by atoms with Gasteiger partial charge in [-0.1, -0.05) is 28.1 Å². The molecule has 1 aromatic carbocycles. The van der Waals surface area contributed by atoms with Gasteiger partial charge in [-0.15, -0.1) is 0 Å². The van der Waals surface area contributed by atoms with Gasteiger partial charge in [-0.2, -0.15) is 4.98 Å². The van der Waals surface area contributed by atoms with Crippen LogP contribution < -0.4 is 11.3 Å². The minimum atomic E-state index is -0.391. The molecule has 0 unspecified atom stereocenters. The second-order valence-corrected chi connectivity index (χ2v) is 4.80. The Labute approximate surface area is 115 Å². The van der Waals surface area contributed by atoms with Crippen LogP contribution in [0.3, 0.4) is 0 Å². The first kappa shape index (κ1) is 11.8. The number of nitrogens with one attached hydrogen (secondary N) is 1. The number of nitrogens with two attached hydrogens (primary N) is 1. The van der Waals surface area contributed by atoms with Crippen LogP contribution in [0.15, 0.2) is 39.7 Å². The molecule has 0 atom stereocenters. The summed E-state index contributed by atoms with van der Waals surface area (Å²) in [6.07, 6.45) is 1.54. The summed E-state index contributed by atoms with van der Waals surface area (Å²) < 4.78 is 0.976. The van der Waals surface area contributed by atoms with Crippen LogP contribution in [0, 0.1) is 0 Å². The van der Waals surface area contributed by atoms with Crippen molar-refractivity contribution < 1.29 is 0 Å². The molecule has 19 heavy (non-hydrogen) atoms. The molecule has 0 aliphatic heterocycles. The van der Waals surface area contributed by atoms with E-state index < -0.39 is 5.56 Å². The van der Waals surface area contributed by atoms with E-state index in [0.717, 1.165) is 10.0 Å². The van der Waals surface area contributed by atoms with Crippen molar-refractivity contribution in [1.82, 2.24) is 19.9 Å². The van der Waals surface area contributed by atoms with E-state index in [1.165, 1.54) is 0 Å². The number of nitrogens with zero attached hydrogens (tertiary/aromatic N) is 3. The van der Waals surface area contributed by atoms with E-state index in [9.17, 15) is 4.79 Å². The molecule has 2 heterocycles. The Balaban J connectivity index is 2.21. The lowest BCUT2D eigenvalue weighted by atomic mass is 10.2. The normalized spacial score (nSPS) is 10.8. The molecule has 2 aromatic heterocycles. The smallest absolute Gasteiger partial charge is 0.280 e. The molecule has 6 nitrogen and oxygen atoms in total. The Hall–Kier alpha value is -2.28. The van der Waals surface area contributed by atoms with Crippen molar-refractivity contribution in [3.05, 3.63) is 45.3 Å². The van der Waals surface area contributed by atoms with Crippen molar-refractivity contribution >= 4 is 33.0 Å². The maximum atomic E-state index is 11.6. The van der Waals surface area contributed by atoms with Gasteiger partial charge in [-0.25, -0.2) is 9.97 Å². The average Bonchev–Trinajstić information content (AvgIpc) is 2.38. The van der Waals surface area contributed by atoms with Crippen LogP contribution in [0.2, 0.25) is 0 Å². The second-order valence-electron chi connectivity index (χ2n) is 3.89. The van der Waals surface area contributed by atoms with Gasteiger partial charge in [-0.05, 0) is 12.1 Å². The molecule has 3 rings (SSSR count). The Bertz CT molecular complexity index is 812. The van der Waals surface area contributed by atoms with Gasteiger partial charge < -0.3 is 5.73 Å². The third kappa shape index (κ3) is 2.19. The van der Waals surface area contributed by atoms with Crippen molar-refractivity contribution in [2.75, 3.05) is 5.73 Å². The number of benzene rings is 1. The summed E-state index contributed by atoms with van der Waals surface area (Å²) in [6, 6.07) is 7.61. The second kappa shape index (κ2) is 4.43. The maximum Gasteiger partial charge on any atom is 0.280 e. The largest absolute Gasteiger partial charge is 0.369 e. The van der Waals surface area contributed by atoms with Crippen LogP contribution >= 0.6 is 15.9 Å². The zero-order chi connectivity index (χ0) is 13.4. The summed E-state index contributed by atoms with van der Waals surface area (Å²) in [4.78, 5) is 26.4. The molecule has 0 saturated heterocycles. The minimum Gasteiger partial charge on any atom is -0.369 e. The number of nitrogen functional groups attached to an aromatic ring is 1. The average molecular weight is 318 g/mol. The first-order valence-electron chi connectivity index (χ1n) is 5.42. The predicted octanol–water partition coefficient (Wildman–Crippen LogP) is 1.72. The van der Waals surface area contributed by atoms with Crippen LogP contribution in [0.4, 0.5) is 5.95 Å². The van der Waals surface area contributed by atoms with Gasteiger partial charge in [0.1, 0.15) is 0 Å². The number of H-pyrrole nitrogens is 1. The lowest BCUT2D eigenvalue weighted by molar-refractivity contribution is 1.13. The van der Waals surface area contributed by atoms with Crippen LogP contribution in [-0.4, -0.2) is 19.9 Å². The van der Waals surface area contributed by atoms with Gasteiger partial charge in [0.15, 0.2) is 11.2 Å². The molecule has 7 heteroatoms. The Kier molecular flexibility index (Phi) is 2.75. The molecule has 0 fully saturated rings. The molecule has 0 aliphatic rings. The zero-order valence-electron chi connectivity index (χ0n) is 9.59. The maximum absolute atomic E-state index is 11.6. The molecular formula is C12H8BrN5O. The van der Waals surface area contributed by atoms with Gasteiger partial charge in [0.2, 0.25) is 5.95 Å². The molecule has 0 aliphatic carbocycles. The Morgan fingerprint density at radius 1 is 1.16 bits per heavy atom. The molecule has 0 bridgehead atoms. The van der Waals surface area contributed by atoms with Crippen LogP contribution in [0.5, 0.6) is 0 Å². The van der Waals surface area contributed by atoms with Crippen LogP contribution in [0.1, 0.15) is 0 Å². The van der Waals surface area contributed by atoms with Crippen LogP contribution in [0.25, 0.3) is 22.4 Å². The Morgan fingerprint density at radius 2 is 1.89 bits per heavy atom. The highest BCUT2D eigenvalue weighted by Crippen LogP contribution is 2.20. The minimum absolute atomic E-state index is 0.0276. The lowest BCUT2D eigenvalue weighted by Crippen LogP contribution is -2.13.